The van der Waals surface area contributed by atoms with Crippen LogP contribution in [0.1, 0.15) is 18.1 Å². The minimum absolute atomic E-state index is 0.199. The summed E-state index contributed by atoms with van der Waals surface area (Å²) in [4.78, 5) is 23.7. The summed E-state index contributed by atoms with van der Waals surface area (Å²) in [5.74, 6) is -0.425. The molecule has 5 heteroatoms. The van der Waals surface area contributed by atoms with E-state index in [0.717, 1.165) is 11.1 Å². The third-order valence-electron chi connectivity index (χ3n) is 3.52. The number of carbonyl (C=O) groups excluding carboxylic acids is 2. The van der Waals surface area contributed by atoms with Crippen molar-refractivity contribution >= 4 is 11.8 Å². The third kappa shape index (κ3) is 6.22. The summed E-state index contributed by atoms with van der Waals surface area (Å²) in [5.41, 5.74) is 2.15. The fourth-order valence-electron chi connectivity index (χ4n) is 2.32. The zero-order valence-corrected chi connectivity index (χ0v) is 13.8. The van der Waals surface area contributed by atoms with Gasteiger partial charge in [0, 0.05) is 26.6 Å². The maximum absolute atomic E-state index is 12.3. The Labute approximate surface area is 142 Å². The van der Waals surface area contributed by atoms with Gasteiger partial charge in [0.25, 0.3) is 0 Å². The topological polar surface area (TPSA) is 70.2 Å². The SMILES string of the molecule is CC(=O)NC(CNCc1ccccc1)C(=O)NCc1ccccc1. The summed E-state index contributed by atoms with van der Waals surface area (Å²) < 4.78 is 0. The van der Waals surface area contributed by atoms with Crippen LogP contribution in [-0.4, -0.2) is 24.4 Å². The Balaban J connectivity index is 1.84. The Bertz CT molecular complexity index is 644. The molecule has 0 saturated heterocycles. The lowest BCUT2D eigenvalue weighted by atomic mass is 10.2. The molecule has 0 aliphatic carbocycles. The Kier molecular flexibility index (Phi) is 6.98. The second-order valence-electron chi connectivity index (χ2n) is 5.57. The highest BCUT2D eigenvalue weighted by atomic mass is 16.2. The molecule has 3 N–H and O–H groups in total. The van der Waals surface area contributed by atoms with Crippen molar-refractivity contribution < 1.29 is 9.59 Å². The number of amides is 2. The van der Waals surface area contributed by atoms with Crippen LogP contribution in [-0.2, 0) is 22.7 Å². The third-order valence-corrected chi connectivity index (χ3v) is 3.52. The van der Waals surface area contributed by atoms with Gasteiger partial charge >= 0.3 is 0 Å². The lowest BCUT2D eigenvalue weighted by Gasteiger charge is -2.18. The van der Waals surface area contributed by atoms with Crippen molar-refractivity contribution in [2.75, 3.05) is 6.54 Å². The van der Waals surface area contributed by atoms with Gasteiger partial charge in [-0.2, -0.15) is 0 Å². The Morgan fingerprint density at radius 2 is 1.42 bits per heavy atom. The minimum atomic E-state index is -0.602. The number of hydrogen-bond donors (Lipinski definition) is 3. The first-order chi connectivity index (χ1) is 11.6. The van der Waals surface area contributed by atoms with E-state index in [1.165, 1.54) is 6.92 Å². The number of hydrogen-bond acceptors (Lipinski definition) is 3. The van der Waals surface area contributed by atoms with E-state index in [9.17, 15) is 9.59 Å². The number of benzene rings is 2. The monoisotopic (exact) mass is 325 g/mol. The molecule has 0 radical (unpaired) electrons. The number of rotatable bonds is 8. The molecule has 0 aromatic heterocycles. The van der Waals surface area contributed by atoms with E-state index in [0.29, 0.717) is 19.6 Å². The molecular weight excluding hydrogens is 302 g/mol. The van der Waals surface area contributed by atoms with Crippen LogP contribution < -0.4 is 16.0 Å². The summed E-state index contributed by atoms with van der Waals surface area (Å²) in [6.45, 7) is 2.86. The molecule has 2 aromatic rings. The molecule has 1 unspecified atom stereocenters. The largest absolute Gasteiger partial charge is 0.350 e. The summed E-state index contributed by atoms with van der Waals surface area (Å²) in [6, 6.07) is 19.0. The molecule has 0 spiro atoms. The zero-order valence-electron chi connectivity index (χ0n) is 13.8. The fourth-order valence-corrected chi connectivity index (χ4v) is 2.32. The maximum atomic E-state index is 12.3. The fraction of sp³-hybridized carbons (Fsp3) is 0.263. The molecule has 0 fully saturated rings. The van der Waals surface area contributed by atoms with Crippen molar-refractivity contribution in [2.24, 2.45) is 0 Å². The molecule has 126 valence electrons. The normalized spacial score (nSPS) is 11.5. The smallest absolute Gasteiger partial charge is 0.244 e. The minimum Gasteiger partial charge on any atom is -0.350 e. The molecule has 2 amide bonds. The van der Waals surface area contributed by atoms with E-state index in [1.807, 2.05) is 60.7 Å². The van der Waals surface area contributed by atoms with Gasteiger partial charge in [-0.05, 0) is 11.1 Å². The van der Waals surface area contributed by atoms with Crippen LogP contribution >= 0.6 is 0 Å². The second kappa shape index (κ2) is 9.47. The molecule has 5 nitrogen and oxygen atoms in total. The van der Waals surface area contributed by atoms with Crippen molar-refractivity contribution in [1.29, 1.82) is 0 Å². The van der Waals surface area contributed by atoms with E-state index in [1.54, 1.807) is 0 Å². The Morgan fingerprint density at radius 1 is 0.875 bits per heavy atom. The van der Waals surface area contributed by atoms with E-state index >= 15 is 0 Å². The van der Waals surface area contributed by atoms with Gasteiger partial charge in [-0.15, -0.1) is 0 Å². The van der Waals surface area contributed by atoms with Gasteiger partial charge in [0.2, 0.25) is 11.8 Å². The number of carbonyl (C=O) groups is 2. The van der Waals surface area contributed by atoms with Gasteiger partial charge in [-0.3, -0.25) is 9.59 Å². The maximum Gasteiger partial charge on any atom is 0.244 e. The molecule has 0 aliphatic rings. The average molecular weight is 325 g/mol. The molecule has 0 bridgehead atoms. The highest BCUT2D eigenvalue weighted by Crippen LogP contribution is 1.99. The predicted octanol–water partition coefficient (Wildman–Crippen LogP) is 1.60. The molecule has 0 aliphatic heterocycles. The van der Waals surface area contributed by atoms with E-state index in [2.05, 4.69) is 16.0 Å². The molecule has 0 heterocycles. The van der Waals surface area contributed by atoms with Crippen LogP contribution in [0.3, 0.4) is 0 Å². The summed E-state index contributed by atoms with van der Waals surface area (Å²) in [7, 11) is 0. The predicted molar refractivity (Wildman–Crippen MR) is 94.0 cm³/mol. The quantitative estimate of drug-likeness (QED) is 0.690. The van der Waals surface area contributed by atoms with Gasteiger partial charge in [0.1, 0.15) is 6.04 Å². The van der Waals surface area contributed by atoms with Crippen LogP contribution in [0.5, 0.6) is 0 Å². The summed E-state index contributed by atoms with van der Waals surface area (Å²) in [6.07, 6.45) is 0. The number of nitrogens with one attached hydrogen (secondary N) is 3. The standard InChI is InChI=1S/C19H23N3O2/c1-15(23)22-18(14-20-12-16-8-4-2-5-9-16)19(24)21-13-17-10-6-3-7-11-17/h2-11,18,20H,12-14H2,1H3,(H,21,24)(H,22,23). The van der Waals surface area contributed by atoms with Crippen molar-refractivity contribution in [2.45, 2.75) is 26.1 Å². The first kappa shape index (κ1) is 17.7. The van der Waals surface area contributed by atoms with Crippen LogP contribution in [0.15, 0.2) is 60.7 Å². The van der Waals surface area contributed by atoms with Crippen LogP contribution in [0, 0.1) is 0 Å². The van der Waals surface area contributed by atoms with E-state index in [-0.39, 0.29) is 11.8 Å². The molecule has 0 saturated carbocycles. The van der Waals surface area contributed by atoms with Gasteiger partial charge in [0.15, 0.2) is 0 Å². The highest BCUT2D eigenvalue weighted by Gasteiger charge is 2.18. The van der Waals surface area contributed by atoms with Crippen LogP contribution in [0.4, 0.5) is 0 Å². The summed E-state index contributed by atoms with van der Waals surface area (Å²) >= 11 is 0. The van der Waals surface area contributed by atoms with Gasteiger partial charge in [-0.25, -0.2) is 0 Å². The van der Waals surface area contributed by atoms with Crippen molar-refractivity contribution in [3.05, 3.63) is 71.8 Å². The van der Waals surface area contributed by atoms with Crippen LogP contribution in [0.2, 0.25) is 0 Å². The van der Waals surface area contributed by atoms with Crippen molar-refractivity contribution in [1.82, 2.24) is 16.0 Å². The zero-order chi connectivity index (χ0) is 17.2. The summed E-state index contributed by atoms with van der Waals surface area (Å²) in [5, 5.41) is 8.76. The first-order valence-corrected chi connectivity index (χ1v) is 7.98. The Hall–Kier alpha value is -2.66. The van der Waals surface area contributed by atoms with E-state index < -0.39 is 6.04 Å². The molecule has 1 atom stereocenters. The molecule has 2 rings (SSSR count). The van der Waals surface area contributed by atoms with E-state index in [4.69, 9.17) is 0 Å². The van der Waals surface area contributed by atoms with Gasteiger partial charge in [0.05, 0.1) is 0 Å². The molecular formula is C19H23N3O2. The Morgan fingerprint density at radius 3 is 1.96 bits per heavy atom. The molecule has 2 aromatic carbocycles. The molecule has 24 heavy (non-hydrogen) atoms. The van der Waals surface area contributed by atoms with Crippen molar-refractivity contribution in [3.63, 3.8) is 0 Å². The van der Waals surface area contributed by atoms with Gasteiger partial charge in [-0.1, -0.05) is 60.7 Å². The van der Waals surface area contributed by atoms with Crippen molar-refractivity contribution in [3.8, 4) is 0 Å². The first-order valence-electron chi connectivity index (χ1n) is 7.98. The lowest BCUT2D eigenvalue weighted by Crippen LogP contribution is -2.51. The lowest BCUT2D eigenvalue weighted by molar-refractivity contribution is -0.128. The van der Waals surface area contributed by atoms with Crippen LogP contribution in [0.25, 0.3) is 0 Å². The average Bonchev–Trinajstić information content (AvgIpc) is 2.60. The van der Waals surface area contributed by atoms with Gasteiger partial charge < -0.3 is 16.0 Å². The second-order valence-corrected chi connectivity index (χ2v) is 5.57. The highest BCUT2D eigenvalue weighted by molar-refractivity contribution is 5.87.